The number of unbranched alkanes of at least 4 members (excludes halogenated alkanes) is 8. The molecular weight excluding hydrogens is 330 g/mol. The minimum atomic E-state index is -0.671. The van der Waals surface area contributed by atoms with Crippen LogP contribution in [0.2, 0.25) is 0 Å². The molecule has 3 nitrogen and oxygen atoms in total. The van der Waals surface area contributed by atoms with Crippen LogP contribution in [-0.4, -0.2) is 16.6 Å². The van der Waals surface area contributed by atoms with E-state index in [1.54, 1.807) is 0 Å². The zero-order chi connectivity index (χ0) is 14.9. The molecule has 0 saturated heterocycles. The van der Waals surface area contributed by atoms with Crippen molar-refractivity contribution in [1.82, 2.24) is 0 Å². The molecule has 22 heavy (non-hydrogen) atoms. The first-order chi connectivity index (χ1) is 9.77. The number of hydrogen-bond donors (Lipinski definition) is 1. The van der Waals surface area contributed by atoms with Gasteiger partial charge in [0.25, 0.3) is 0 Å². The molecule has 0 radical (unpaired) electrons. The second-order valence-corrected chi connectivity index (χ2v) is 5.37. The summed E-state index contributed by atoms with van der Waals surface area (Å²) in [5.41, 5.74) is 0. The number of aliphatic carboxylic acids is 1. The van der Waals surface area contributed by atoms with Crippen LogP contribution in [-0.2, 0) is 24.3 Å². The Morgan fingerprint density at radius 1 is 0.818 bits per heavy atom. The van der Waals surface area contributed by atoms with Gasteiger partial charge in [-0.3, -0.25) is 4.79 Å². The average Bonchev–Trinajstić information content (AvgIpc) is 2.43. The predicted octanol–water partition coefficient (Wildman–Crippen LogP) is 5.06. The quantitative estimate of drug-likeness (QED) is 0.266. The van der Waals surface area contributed by atoms with E-state index in [9.17, 15) is 4.79 Å². The summed E-state index contributed by atoms with van der Waals surface area (Å²) in [5.74, 6) is -0.671. The maximum Gasteiger partial charge on any atom is 0.303 e. The van der Waals surface area contributed by atoms with Crippen LogP contribution < -0.4 is 0 Å². The van der Waals surface area contributed by atoms with Crippen molar-refractivity contribution in [2.45, 2.75) is 84.0 Å². The predicted molar refractivity (Wildman–Crippen MR) is 90.6 cm³/mol. The first-order valence-corrected chi connectivity index (χ1v) is 8.29. The van der Waals surface area contributed by atoms with Gasteiger partial charge in [-0.25, -0.2) is 0 Å². The van der Waals surface area contributed by atoms with Crippen molar-refractivity contribution in [2.75, 3.05) is 0 Å². The van der Waals surface area contributed by atoms with Crippen LogP contribution in [0.4, 0.5) is 0 Å². The van der Waals surface area contributed by atoms with Gasteiger partial charge in [-0.1, -0.05) is 63.3 Å². The third-order valence-corrected chi connectivity index (χ3v) is 3.34. The van der Waals surface area contributed by atoms with E-state index in [-0.39, 0.29) is 25.0 Å². The van der Waals surface area contributed by atoms with E-state index in [0.717, 1.165) is 25.7 Å². The topological polar surface area (TPSA) is 68.8 Å². The van der Waals surface area contributed by atoms with E-state index >= 15 is 0 Å². The average molecular weight is 364 g/mol. The molecule has 4 heteroatoms. The molecule has 0 aromatic carbocycles. The summed E-state index contributed by atoms with van der Waals surface area (Å²) in [6.07, 6.45) is 22.3. The van der Waals surface area contributed by atoms with Crippen LogP contribution in [0.25, 0.3) is 0 Å². The van der Waals surface area contributed by atoms with E-state index in [1.165, 1.54) is 44.9 Å². The van der Waals surface area contributed by atoms with Crippen molar-refractivity contribution in [3.8, 4) is 0 Å². The fourth-order valence-corrected chi connectivity index (χ4v) is 2.09. The molecule has 3 N–H and O–H groups in total. The first-order valence-electron chi connectivity index (χ1n) is 8.29. The molecule has 0 fully saturated rings. The Morgan fingerprint density at radius 3 is 1.86 bits per heavy atom. The zero-order valence-electron chi connectivity index (χ0n) is 14.4. The van der Waals surface area contributed by atoms with Crippen LogP contribution in [0.5, 0.6) is 0 Å². The van der Waals surface area contributed by atoms with Gasteiger partial charge >= 0.3 is 5.97 Å². The van der Waals surface area contributed by atoms with Crippen molar-refractivity contribution in [2.24, 2.45) is 0 Å². The zero-order valence-corrected chi connectivity index (χ0v) is 17.3. The second-order valence-electron chi connectivity index (χ2n) is 5.37. The van der Waals surface area contributed by atoms with E-state index in [2.05, 4.69) is 31.2 Å². The summed E-state index contributed by atoms with van der Waals surface area (Å²) in [6.45, 7) is 2.23. The summed E-state index contributed by atoms with van der Waals surface area (Å²) in [4.78, 5) is 10.3. The largest absolute Gasteiger partial charge is 0.481 e. The molecule has 0 bridgehead atoms. The van der Waals surface area contributed by atoms with Crippen LogP contribution >= 0.6 is 0 Å². The van der Waals surface area contributed by atoms with Gasteiger partial charge in [0.05, 0.1) is 0 Å². The number of carboxylic acids is 1. The minimum absolute atomic E-state index is 0. The van der Waals surface area contributed by atoms with Crippen molar-refractivity contribution >= 4 is 5.97 Å². The molecule has 0 aliphatic heterocycles. The van der Waals surface area contributed by atoms with Gasteiger partial charge in [-0.2, -0.15) is 0 Å². The Bertz CT molecular complexity index is 276. The van der Waals surface area contributed by atoms with Crippen molar-refractivity contribution in [1.29, 1.82) is 0 Å². The molecular formula is C18H34O3Zn. The molecule has 0 rings (SSSR count). The molecule has 126 valence electrons. The van der Waals surface area contributed by atoms with E-state index < -0.39 is 5.97 Å². The third kappa shape index (κ3) is 24.5. The van der Waals surface area contributed by atoms with Gasteiger partial charge in [-0.15, -0.1) is 0 Å². The normalized spacial score (nSPS) is 10.6. The first kappa shape index (κ1) is 26.4. The fourth-order valence-electron chi connectivity index (χ4n) is 2.09. The van der Waals surface area contributed by atoms with Crippen LogP contribution in [0, 0.1) is 0 Å². The van der Waals surface area contributed by atoms with Crippen LogP contribution in [0.3, 0.4) is 0 Å². The monoisotopic (exact) mass is 362 g/mol. The summed E-state index contributed by atoms with van der Waals surface area (Å²) in [7, 11) is 0. The molecule has 0 aliphatic carbocycles. The number of hydrogen-bond acceptors (Lipinski definition) is 1. The fraction of sp³-hybridized carbons (Fsp3) is 0.722. The number of allylic oxidation sites excluding steroid dienone is 4. The van der Waals surface area contributed by atoms with Crippen molar-refractivity contribution < 1.29 is 34.9 Å². The SMILES string of the molecule is CCCCC/C=C\C/C=C\CCCCCCCC(=O)O.O.[Zn]. The molecule has 0 heterocycles. The van der Waals surface area contributed by atoms with Crippen LogP contribution in [0.15, 0.2) is 24.3 Å². The Kier molecular flexibility index (Phi) is 27.4. The van der Waals surface area contributed by atoms with Gasteiger partial charge in [0, 0.05) is 25.9 Å². The summed E-state index contributed by atoms with van der Waals surface area (Å²) >= 11 is 0. The number of rotatable bonds is 14. The Balaban J connectivity index is -0.00000180. The summed E-state index contributed by atoms with van der Waals surface area (Å²) in [6, 6.07) is 0. The molecule has 0 aromatic rings. The van der Waals surface area contributed by atoms with Gasteiger partial charge in [-0.05, 0) is 38.5 Å². The number of carboxylic acid groups (broad SMARTS) is 1. The van der Waals surface area contributed by atoms with Crippen molar-refractivity contribution in [3.63, 3.8) is 0 Å². The van der Waals surface area contributed by atoms with Gasteiger partial charge in [0.15, 0.2) is 0 Å². The third-order valence-electron chi connectivity index (χ3n) is 3.34. The van der Waals surface area contributed by atoms with E-state index in [1.807, 2.05) is 0 Å². The summed E-state index contributed by atoms with van der Waals surface area (Å²) < 4.78 is 0. The second kappa shape index (κ2) is 22.8. The molecule has 0 saturated carbocycles. The molecule has 0 atom stereocenters. The smallest absolute Gasteiger partial charge is 0.303 e. The Hall–Kier alpha value is -0.467. The Labute approximate surface area is 149 Å². The van der Waals surface area contributed by atoms with Gasteiger partial charge < -0.3 is 10.6 Å². The van der Waals surface area contributed by atoms with Crippen molar-refractivity contribution in [3.05, 3.63) is 24.3 Å². The molecule has 0 unspecified atom stereocenters. The minimum Gasteiger partial charge on any atom is -0.481 e. The molecule has 0 amide bonds. The Morgan fingerprint density at radius 2 is 1.32 bits per heavy atom. The molecule has 0 aromatic heterocycles. The molecule has 0 aliphatic rings. The van der Waals surface area contributed by atoms with E-state index in [4.69, 9.17) is 5.11 Å². The van der Waals surface area contributed by atoms with E-state index in [0.29, 0.717) is 6.42 Å². The van der Waals surface area contributed by atoms with Gasteiger partial charge in [0.2, 0.25) is 0 Å². The van der Waals surface area contributed by atoms with Gasteiger partial charge in [0.1, 0.15) is 0 Å². The maximum atomic E-state index is 10.3. The summed E-state index contributed by atoms with van der Waals surface area (Å²) in [5, 5.41) is 8.50. The standard InChI is InChI=1S/C18H32O2.H2O.Zn/c1-2-3-4-5-6-7-8-9-10-11-12-13-14-15-16-17-18(19)20;;/h6-7,9-10H,2-5,8,11-17H2,1H3,(H,19,20);1H2;/b7-6-,10-9-;;. The molecule has 0 spiro atoms. The van der Waals surface area contributed by atoms with Crippen LogP contribution in [0.1, 0.15) is 84.0 Å². The number of carbonyl (C=O) groups is 1. The maximum absolute atomic E-state index is 10.3.